The lowest BCUT2D eigenvalue weighted by atomic mass is 9.95. The van der Waals surface area contributed by atoms with Crippen molar-refractivity contribution in [3.63, 3.8) is 0 Å². The third kappa shape index (κ3) is 6.17. The number of nitrogens with zero attached hydrogens (tertiary/aromatic N) is 3. The van der Waals surface area contributed by atoms with Gasteiger partial charge in [-0.25, -0.2) is 22.9 Å². The number of piperidine rings is 1. The topological polar surface area (TPSA) is 140 Å². The van der Waals surface area contributed by atoms with Crippen LogP contribution in [0.4, 0.5) is 16.4 Å². The van der Waals surface area contributed by atoms with Crippen LogP contribution in [0.5, 0.6) is 5.88 Å². The second kappa shape index (κ2) is 10.4. The first-order chi connectivity index (χ1) is 18.9. The number of aryl methyl sites for hydroxylation is 1. The maximum Gasteiger partial charge on any atom is 0.410 e. The number of carbonyl (C=O) groups excluding carboxylic acids is 2. The number of benzene rings is 2. The van der Waals surface area contributed by atoms with E-state index in [1.807, 2.05) is 31.2 Å². The van der Waals surface area contributed by atoms with Gasteiger partial charge in [0.15, 0.2) is 0 Å². The summed E-state index contributed by atoms with van der Waals surface area (Å²) in [6, 6.07) is 15.1. The SMILES string of the molecule is Cc1ccccc1-c1cc2nc(n1)NS(=O)(=O)c1cccc(c1)NC(=O)C1CC(CN(C(=O)OC(C)(C)C)C1)O2. The molecule has 1 aromatic heterocycles. The van der Waals surface area contributed by atoms with E-state index in [1.54, 1.807) is 32.9 Å². The highest BCUT2D eigenvalue weighted by Crippen LogP contribution is 2.30. The van der Waals surface area contributed by atoms with Crippen molar-refractivity contribution in [3.8, 4) is 17.1 Å². The van der Waals surface area contributed by atoms with Crippen molar-refractivity contribution >= 4 is 33.7 Å². The van der Waals surface area contributed by atoms with Gasteiger partial charge in [0.25, 0.3) is 10.0 Å². The van der Waals surface area contributed by atoms with Crippen LogP contribution < -0.4 is 14.8 Å². The molecule has 2 atom stereocenters. The van der Waals surface area contributed by atoms with Crippen LogP contribution in [-0.4, -0.2) is 60.1 Å². The number of carbonyl (C=O) groups is 2. The monoisotopic (exact) mass is 565 g/mol. The average molecular weight is 566 g/mol. The van der Waals surface area contributed by atoms with E-state index >= 15 is 0 Å². The molecule has 2 aliphatic heterocycles. The summed E-state index contributed by atoms with van der Waals surface area (Å²) in [7, 11) is -4.10. The van der Waals surface area contributed by atoms with Gasteiger partial charge in [0.2, 0.25) is 17.7 Å². The number of fused-ring (bicyclic) bond motifs is 6. The van der Waals surface area contributed by atoms with E-state index in [9.17, 15) is 18.0 Å². The molecule has 3 heterocycles. The van der Waals surface area contributed by atoms with E-state index in [4.69, 9.17) is 9.47 Å². The number of hydrogen-bond acceptors (Lipinski definition) is 8. The second-order valence-electron chi connectivity index (χ2n) is 10.9. The van der Waals surface area contributed by atoms with Crippen molar-refractivity contribution in [2.45, 2.75) is 50.7 Å². The number of aromatic nitrogens is 2. The zero-order valence-electron chi connectivity index (χ0n) is 22.7. The molecule has 0 spiro atoms. The second-order valence-corrected chi connectivity index (χ2v) is 12.6. The van der Waals surface area contributed by atoms with Crippen molar-refractivity contribution in [1.82, 2.24) is 14.9 Å². The molecule has 0 aliphatic carbocycles. The molecule has 2 aromatic carbocycles. The van der Waals surface area contributed by atoms with Crippen molar-refractivity contribution in [3.05, 3.63) is 60.2 Å². The van der Waals surface area contributed by atoms with E-state index in [0.717, 1.165) is 11.1 Å². The third-order valence-electron chi connectivity index (χ3n) is 6.48. The van der Waals surface area contributed by atoms with Gasteiger partial charge < -0.3 is 19.7 Å². The molecule has 2 amide bonds. The molecule has 210 valence electrons. The lowest BCUT2D eigenvalue weighted by molar-refractivity contribution is -0.122. The van der Waals surface area contributed by atoms with Gasteiger partial charge in [-0.1, -0.05) is 30.3 Å². The number of sulfonamides is 1. The normalized spacial score (nSPS) is 20.3. The Morgan fingerprint density at radius 1 is 1.07 bits per heavy atom. The fourth-order valence-corrected chi connectivity index (χ4v) is 5.66. The van der Waals surface area contributed by atoms with Gasteiger partial charge in [-0.05, 0) is 57.9 Å². The number of rotatable bonds is 1. The quantitative estimate of drug-likeness (QED) is 0.447. The predicted octanol–water partition coefficient (Wildman–Crippen LogP) is 4.21. The lowest BCUT2D eigenvalue weighted by Gasteiger charge is -2.37. The van der Waals surface area contributed by atoms with E-state index in [1.165, 1.54) is 23.1 Å². The summed E-state index contributed by atoms with van der Waals surface area (Å²) in [5.74, 6) is -1.08. The maximum atomic E-state index is 13.3. The van der Waals surface area contributed by atoms with E-state index < -0.39 is 33.7 Å². The van der Waals surface area contributed by atoms with E-state index in [0.29, 0.717) is 17.8 Å². The number of ether oxygens (including phenoxy) is 2. The minimum atomic E-state index is -4.10. The maximum absolute atomic E-state index is 13.3. The summed E-state index contributed by atoms with van der Waals surface area (Å²) in [5.41, 5.74) is 1.73. The molecule has 2 N–H and O–H groups in total. The molecule has 12 heteroatoms. The minimum Gasteiger partial charge on any atom is -0.472 e. The van der Waals surface area contributed by atoms with Gasteiger partial charge in [-0.15, -0.1) is 0 Å². The number of hydrogen-bond donors (Lipinski definition) is 2. The highest BCUT2D eigenvalue weighted by molar-refractivity contribution is 7.92. The zero-order valence-corrected chi connectivity index (χ0v) is 23.5. The van der Waals surface area contributed by atoms with Crippen LogP contribution in [0.25, 0.3) is 11.3 Å². The van der Waals surface area contributed by atoms with Crippen molar-refractivity contribution < 1.29 is 27.5 Å². The largest absolute Gasteiger partial charge is 0.472 e. The Labute approximate surface area is 233 Å². The van der Waals surface area contributed by atoms with Crippen LogP contribution in [0.2, 0.25) is 0 Å². The minimum absolute atomic E-state index is 0.0772. The average Bonchev–Trinajstić information content (AvgIpc) is 2.87. The molecule has 0 radical (unpaired) electrons. The van der Waals surface area contributed by atoms with Crippen molar-refractivity contribution in [2.24, 2.45) is 5.92 Å². The summed E-state index contributed by atoms with van der Waals surface area (Å²) < 4.78 is 40.8. The highest BCUT2D eigenvalue weighted by atomic mass is 32.2. The summed E-state index contributed by atoms with van der Waals surface area (Å²) in [6.07, 6.45) is -0.885. The fraction of sp³-hybridized carbons (Fsp3) is 0.357. The van der Waals surface area contributed by atoms with Crippen LogP contribution in [-0.2, 0) is 19.6 Å². The fourth-order valence-electron chi connectivity index (χ4n) is 4.67. The number of amides is 2. The molecule has 1 saturated heterocycles. The summed E-state index contributed by atoms with van der Waals surface area (Å²) >= 11 is 0. The molecular formula is C28H31N5O6S. The molecule has 1 fully saturated rings. The molecule has 5 rings (SSSR count). The Bertz CT molecular complexity index is 1570. The molecule has 2 aliphatic rings. The molecule has 3 aromatic rings. The summed E-state index contributed by atoms with van der Waals surface area (Å²) in [6.45, 7) is 7.50. The van der Waals surface area contributed by atoms with Crippen LogP contribution in [0, 0.1) is 12.8 Å². The lowest BCUT2D eigenvalue weighted by Crippen LogP contribution is -2.52. The molecule has 0 saturated carbocycles. The molecule has 2 unspecified atom stereocenters. The molecule has 11 nitrogen and oxygen atoms in total. The van der Waals surface area contributed by atoms with Gasteiger partial charge in [0.05, 0.1) is 23.1 Å². The predicted molar refractivity (Wildman–Crippen MR) is 148 cm³/mol. The third-order valence-corrected chi connectivity index (χ3v) is 7.81. The number of likely N-dealkylation sites (tertiary alicyclic amines) is 1. The first-order valence-electron chi connectivity index (χ1n) is 12.9. The standard InChI is InChI=1S/C28H31N5O6S/c1-17-8-5-6-11-22(17)23-14-24-31-26(30-23)32-40(36,37)21-10-7-9-19(13-21)29-25(34)18-12-20(38-24)16-33(15-18)27(35)39-28(2,3)4/h5-11,13-14,18,20H,12,15-16H2,1-4H3,(H,29,34)(H,30,31,32). The zero-order chi connectivity index (χ0) is 28.7. The van der Waals surface area contributed by atoms with E-state index in [-0.39, 0.29) is 35.7 Å². The first kappa shape index (κ1) is 27.4. The Morgan fingerprint density at radius 2 is 1.85 bits per heavy atom. The van der Waals surface area contributed by atoms with Gasteiger partial charge in [-0.3, -0.25) is 4.79 Å². The van der Waals surface area contributed by atoms with Crippen molar-refractivity contribution in [2.75, 3.05) is 23.1 Å². The van der Waals surface area contributed by atoms with Gasteiger partial charge in [-0.2, -0.15) is 4.98 Å². The van der Waals surface area contributed by atoms with E-state index in [2.05, 4.69) is 20.0 Å². The summed E-state index contributed by atoms with van der Waals surface area (Å²) in [4.78, 5) is 36.5. The van der Waals surface area contributed by atoms with Crippen LogP contribution >= 0.6 is 0 Å². The number of anilines is 2. The number of nitrogens with one attached hydrogen (secondary N) is 2. The highest BCUT2D eigenvalue weighted by Gasteiger charge is 2.37. The Hall–Kier alpha value is -4.19. The Kier molecular flexibility index (Phi) is 7.13. The Balaban J connectivity index is 1.60. The molecule has 6 bridgehead atoms. The smallest absolute Gasteiger partial charge is 0.410 e. The van der Waals surface area contributed by atoms with Gasteiger partial charge in [0, 0.05) is 23.9 Å². The van der Waals surface area contributed by atoms with Crippen molar-refractivity contribution in [1.29, 1.82) is 0 Å². The molecule has 40 heavy (non-hydrogen) atoms. The molecular weight excluding hydrogens is 534 g/mol. The van der Waals surface area contributed by atoms with Crippen LogP contribution in [0.15, 0.2) is 59.5 Å². The first-order valence-corrected chi connectivity index (χ1v) is 14.4. The Morgan fingerprint density at radius 3 is 2.60 bits per heavy atom. The van der Waals surface area contributed by atoms with Crippen LogP contribution in [0.1, 0.15) is 32.8 Å². The van der Waals surface area contributed by atoms with Gasteiger partial charge >= 0.3 is 6.09 Å². The van der Waals surface area contributed by atoms with Crippen LogP contribution in [0.3, 0.4) is 0 Å². The summed E-state index contributed by atoms with van der Waals surface area (Å²) in [5, 5.41) is 2.78. The van der Waals surface area contributed by atoms with Gasteiger partial charge in [0.1, 0.15) is 11.7 Å².